The minimum absolute atomic E-state index is 0.0158. The molecule has 0 saturated heterocycles. The Morgan fingerprint density at radius 3 is 2.65 bits per heavy atom. The van der Waals surface area contributed by atoms with E-state index in [1.54, 1.807) is 24.9 Å². The van der Waals surface area contributed by atoms with E-state index >= 15 is 0 Å². The highest BCUT2D eigenvalue weighted by atomic mass is 16.6. The summed E-state index contributed by atoms with van der Waals surface area (Å²) in [5.74, 6) is 0.257. The number of aryl methyl sites for hydroxylation is 1. The number of nitrogens with two attached hydrogens (primary N) is 1. The number of non-ortho nitro benzene ring substituents is 1. The summed E-state index contributed by atoms with van der Waals surface area (Å²) in [6.45, 7) is 2.16. The highest BCUT2D eigenvalue weighted by molar-refractivity contribution is 5.95. The molecule has 1 fully saturated rings. The summed E-state index contributed by atoms with van der Waals surface area (Å²) in [6, 6.07) is 4.47. The summed E-state index contributed by atoms with van der Waals surface area (Å²) in [6.07, 6.45) is 2.18. The normalized spacial score (nSPS) is 15.8. The lowest BCUT2D eigenvalue weighted by molar-refractivity contribution is -0.384. The minimum atomic E-state index is -0.481. The molecule has 1 atom stereocenters. The third-order valence-electron chi connectivity index (χ3n) is 3.75. The molecule has 6 heteroatoms. The number of likely N-dealkylation sites (N-methyl/N-ethyl adjacent to an activating group) is 1. The maximum absolute atomic E-state index is 12.5. The van der Waals surface area contributed by atoms with Crippen molar-refractivity contribution in [3.05, 3.63) is 39.4 Å². The molecule has 20 heavy (non-hydrogen) atoms. The molecule has 0 aliphatic heterocycles. The van der Waals surface area contributed by atoms with E-state index in [0.717, 1.165) is 12.8 Å². The van der Waals surface area contributed by atoms with Crippen LogP contribution < -0.4 is 5.73 Å². The summed E-state index contributed by atoms with van der Waals surface area (Å²) in [4.78, 5) is 24.5. The van der Waals surface area contributed by atoms with Crippen LogP contribution >= 0.6 is 0 Å². The molecule has 0 heterocycles. The molecule has 1 aliphatic rings. The van der Waals surface area contributed by atoms with E-state index < -0.39 is 4.92 Å². The van der Waals surface area contributed by atoms with Gasteiger partial charge in [-0.1, -0.05) is 0 Å². The van der Waals surface area contributed by atoms with Crippen molar-refractivity contribution < 1.29 is 9.72 Å². The molecule has 1 amide bonds. The number of nitro benzene ring substituents is 1. The van der Waals surface area contributed by atoms with Crippen LogP contribution in [-0.4, -0.2) is 35.4 Å². The Morgan fingerprint density at radius 1 is 1.50 bits per heavy atom. The summed E-state index contributed by atoms with van der Waals surface area (Å²) < 4.78 is 0. The van der Waals surface area contributed by atoms with Gasteiger partial charge in [-0.2, -0.15) is 0 Å². The molecule has 6 nitrogen and oxygen atoms in total. The van der Waals surface area contributed by atoms with Crippen LogP contribution in [0.4, 0.5) is 5.69 Å². The van der Waals surface area contributed by atoms with Gasteiger partial charge < -0.3 is 10.6 Å². The third kappa shape index (κ3) is 2.96. The van der Waals surface area contributed by atoms with Gasteiger partial charge in [0.15, 0.2) is 0 Å². The lowest BCUT2D eigenvalue weighted by Crippen LogP contribution is -2.43. The van der Waals surface area contributed by atoms with Crippen molar-refractivity contribution in [2.45, 2.75) is 25.8 Å². The second-order valence-electron chi connectivity index (χ2n) is 5.37. The molecule has 108 valence electrons. The molecule has 1 aromatic rings. The van der Waals surface area contributed by atoms with Gasteiger partial charge in [0.05, 0.1) is 4.92 Å². The van der Waals surface area contributed by atoms with E-state index in [1.165, 1.54) is 12.1 Å². The molecule has 2 rings (SSSR count). The molecule has 0 aromatic heterocycles. The van der Waals surface area contributed by atoms with Crippen LogP contribution in [-0.2, 0) is 0 Å². The van der Waals surface area contributed by atoms with Crippen LogP contribution in [0.3, 0.4) is 0 Å². The van der Waals surface area contributed by atoms with Gasteiger partial charge in [0.1, 0.15) is 0 Å². The molecular formula is C14H19N3O3. The number of hydrogen-bond acceptors (Lipinski definition) is 4. The van der Waals surface area contributed by atoms with Crippen molar-refractivity contribution in [2.24, 2.45) is 11.7 Å². The van der Waals surface area contributed by atoms with Crippen LogP contribution in [0, 0.1) is 23.0 Å². The first-order chi connectivity index (χ1) is 9.43. The SMILES string of the molecule is Cc1cc(C(=O)N(C)C(CN)C2CC2)cc([N+](=O)[O-])c1. The summed E-state index contributed by atoms with van der Waals surface area (Å²) in [5.41, 5.74) is 6.72. The number of nitro groups is 1. The van der Waals surface area contributed by atoms with E-state index in [2.05, 4.69) is 0 Å². The molecule has 1 aromatic carbocycles. The summed E-state index contributed by atoms with van der Waals surface area (Å²) in [5, 5.41) is 10.9. The number of carbonyl (C=O) groups excluding carboxylic acids is 1. The van der Waals surface area contributed by atoms with Crippen molar-refractivity contribution in [3.8, 4) is 0 Å². The molecule has 0 bridgehead atoms. The molecule has 0 spiro atoms. The highest BCUT2D eigenvalue weighted by Gasteiger charge is 2.35. The van der Waals surface area contributed by atoms with Gasteiger partial charge in [0.25, 0.3) is 11.6 Å². The van der Waals surface area contributed by atoms with E-state index in [9.17, 15) is 14.9 Å². The summed E-state index contributed by atoms with van der Waals surface area (Å²) in [7, 11) is 1.71. The smallest absolute Gasteiger partial charge is 0.270 e. The third-order valence-corrected chi connectivity index (χ3v) is 3.75. The Hall–Kier alpha value is -1.95. The highest BCUT2D eigenvalue weighted by Crippen LogP contribution is 2.35. The average molecular weight is 277 g/mol. The van der Waals surface area contributed by atoms with Crippen LogP contribution in [0.15, 0.2) is 18.2 Å². The number of rotatable bonds is 5. The zero-order chi connectivity index (χ0) is 14.9. The minimum Gasteiger partial charge on any atom is -0.337 e. The number of nitrogens with zero attached hydrogens (tertiary/aromatic N) is 2. The van der Waals surface area contributed by atoms with E-state index in [-0.39, 0.29) is 17.6 Å². The van der Waals surface area contributed by atoms with Crippen LogP contribution in [0.5, 0.6) is 0 Å². The second kappa shape index (κ2) is 5.58. The zero-order valence-electron chi connectivity index (χ0n) is 11.7. The predicted molar refractivity (Wildman–Crippen MR) is 75.5 cm³/mol. The average Bonchev–Trinajstić information content (AvgIpc) is 3.22. The van der Waals surface area contributed by atoms with E-state index in [4.69, 9.17) is 5.73 Å². The lowest BCUT2D eigenvalue weighted by Gasteiger charge is -2.27. The first-order valence-corrected chi connectivity index (χ1v) is 6.67. The maximum Gasteiger partial charge on any atom is 0.270 e. The van der Waals surface area contributed by atoms with Crippen molar-refractivity contribution in [1.82, 2.24) is 4.90 Å². The first kappa shape index (κ1) is 14.5. The Bertz CT molecular complexity index is 540. The number of amides is 1. The predicted octanol–water partition coefficient (Wildman–Crippen LogP) is 1.71. The van der Waals surface area contributed by atoms with Crippen LogP contribution in [0.1, 0.15) is 28.8 Å². The molecule has 1 saturated carbocycles. The van der Waals surface area contributed by atoms with Gasteiger partial charge in [-0.3, -0.25) is 14.9 Å². The molecule has 1 unspecified atom stereocenters. The van der Waals surface area contributed by atoms with E-state index in [1.807, 2.05) is 0 Å². The fourth-order valence-electron chi connectivity index (χ4n) is 2.49. The summed E-state index contributed by atoms with van der Waals surface area (Å²) >= 11 is 0. The Kier molecular flexibility index (Phi) is 4.04. The Morgan fingerprint density at radius 2 is 2.15 bits per heavy atom. The number of benzene rings is 1. The zero-order valence-corrected chi connectivity index (χ0v) is 11.7. The quantitative estimate of drug-likeness (QED) is 0.655. The molecular weight excluding hydrogens is 258 g/mol. The van der Waals surface area contributed by atoms with Crippen molar-refractivity contribution in [3.63, 3.8) is 0 Å². The van der Waals surface area contributed by atoms with E-state index in [0.29, 0.717) is 23.6 Å². The van der Waals surface area contributed by atoms with Crippen LogP contribution in [0.2, 0.25) is 0 Å². The van der Waals surface area contributed by atoms with Gasteiger partial charge in [0.2, 0.25) is 0 Å². The van der Waals surface area contributed by atoms with Crippen molar-refractivity contribution in [1.29, 1.82) is 0 Å². The van der Waals surface area contributed by atoms with Crippen molar-refractivity contribution in [2.75, 3.05) is 13.6 Å². The number of carbonyl (C=O) groups is 1. The molecule has 2 N–H and O–H groups in total. The Labute approximate surface area is 117 Å². The fourth-order valence-corrected chi connectivity index (χ4v) is 2.49. The van der Waals surface area contributed by atoms with Gasteiger partial charge in [-0.05, 0) is 37.3 Å². The monoisotopic (exact) mass is 277 g/mol. The second-order valence-corrected chi connectivity index (χ2v) is 5.37. The largest absolute Gasteiger partial charge is 0.337 e. The lowest BCUT2D eigenvalue weighted by atomic mass is 10.1. The standard InChI is InChI=1S/C14H19N3O3/c1-9-5-11(7-12(6-9)17(19)20)14(18)16(2)13(8-15)10-3-4-10/h5-7,10,13H,3-4,8,15H2,1-2H3. The first-order valence-electron chi connectivity index (χ1n) is 6.67. The molecule has 0 radical (unpaired) electrons. The topological polar surface area (TPSA) is 89.5 Å². The van der Waals surface area contributed by atoms with Gasteiger partial charge in [-0.15, -0.1) is 0 Å². The number of hydrogen-bond donors (Lipinski definition) is 1. The van der Waals surface area contributed by atoms with Crippen molar-refractivity contribution >= 4 is 11.6 Å². The Balaban J connectivity index is 2.25. The van der Waals surface area contributed by atoms with Gasteiger partial charge in [-0.25, -0.2) is 0 Å². The van der Waals surface area contributed by atoms with Gasteiger partial charge >= 0.3 is 0 Å². The molecule has 1 aliphatic carbocycles. The van der Waals surface area contributed by atoms with Crippen LogP contribution in [0.25, 0.3) is 0 Å². The fraction of sp³-hybridized carbons (Fsp3) is 0.500. The maximum atomic E-state index is 12.5. The van der Waals surface area contributed by atoms with Gasteiger partial charge in [0, 0.05) is 37.3 Å².